The lowest BCUT2D eigenvalue weighted by Gasteiger charge is -2.28. The van der Waals surface area contributed by atoms with E-state index in [-0.39, 0.29) is 5.91 Å². The molecule has 0 aromatic rings. The summed E-state index contributed by atoms with van der Waals surface area (Å²) >= 11 is 0. The van der Waals surface area contributed by atoms with Gasteiger partial charge in [-0.1, -0.05) is 44.9 Å². The minimum Gasteiger partial charge on any atom is -0.356 e. The zero-order chi connectivity index (χ0) is 13.5. The third kappa shape index (κ3) is 5.13. The van der Waals surface area contributed by atoms with Crippen molar-refractivity contribution in [3.8, 4) is 0 Å². The van der Waals surface area contributed by atoms with Gasteiger partial charge in [0.15, 0.2) is 0 Å². The van der Waals surface area contributed by atoms with Gasteiger partial charge in [0, 0.05) is 19.0 Å². The molecule has 0 spiro atoms. The Balaban J connectivity index is 1.58. The maximum absolute atomic E-state index is 11.9. The Morgan fingerprint density at radius 1 is 1.00 bits per heavy atom. The van der Waals surface area contributed by atoms with Crippen molar-refractivity contribution >= 4 is 5.91 Å². The Kier molecular flexibility index (Phi) is 6.15. The van der Waals surface area contributed by atoms with Gasteiger partial charge in [-0.05, 0) is 31.1 Å². The fraction of sp³-hybridized carbons (Fsp3) is 0.938. The second-order valence-electron chi connectivity index (χ2n) is 6.56. The predicted molar refractivity (Wildman–Crippen MR) is 78.8 cm³/mol. The fourth-order valence-electron chi connectivity index (χ4n) is 3.63. The minimum atomic E-state index is 0.239. The Hall–Kier alpha value is -0.570. The molecule has 3 N–H and O–H groups in total. The molecule has 2 unspecified atom stereocenters. The molecule has 0 saturated heterocycles. The Labute approximate surface area is 117 Å². The highest BCUT2D eigenvalue weighted by Crippen LogP contribution is 2.27. The molecule has 1 amide bonds. The van der Waals surface area contributed by atoms with Crippen LogP contribution >= 0.6 is 0 Å². The van der Waals surface area contributed by atoms with Gasteiger partial charge in [0.05, 0.1) is 0 Å². The summed E-state index contributed by atoms with van der Waals surface area (Å²) in [5.74, 6) is 1.55. The first-order chi connectivity index (χ1) is 9.25. The highest BCUT2D eigenvalue weighted by molar-refractivity contribution is 5.75. The van der Waals surface area contributed by atoms with Gasteiger partial charge in [-0.3, -0.25) is 4.79 Å². The summed E-state index contributed by atoms with van der Waals surface area (Å²) in [6, 6.07) is 0.299. The minimum absolute atomic E-state index is 0.239. The van der Waals surface area contributed by atoms with E-state index in [1.807, 2.05) is 0 Å². The van der Waals surface area contributed by atoms with Gasteiger partial charge in [0.25, 0.3) is 0 Å². The molecule has 3 nitrogen and oxygen atoms in total. The van der Waals surface area contributed by atoms with E-state index in [0.29, 0.717) is 18.4 Å². The monoisotopic (exact) mass is 266 g/mol. The van der Waals surface area contributed by atoms with Crippen molar-refractivity contribution in [2.75, 3.05) is 6.54 Å². The van der Waals surface area contributed by atoms with Gasteiger partial charge in [0.2, 0.25) is 5.91 Å². The first kappa shape index (κ1) is 14.8. The first-order valence-electron chi connectivity index (χ1n) is 8.28. The van der Waals surface area contributed by atoms with Gasteiger partial charge in [0.1, 0.15) is 0 Å². The molecule has 0 aromatic carbocycles. The number of hydrogen-bond acceptors (Lipinski definition) is 2. The van der Waals surface area contributed by atoms with Crippen molar-refractivity contribution in [1.29, 1.82) is 0 Å². The lowest BCUT2D eigenvalue weighted by molar-refractivity contribution is -0.121. The number of rotatable bonds is 5. The third-order valence-electron chi connectivity index (χ3n) is 5.03. The quantitative estimate of drug-likeness (QED) is 0.803. The van der Waals surface area contributed by atoms with Crippen LogP contribution in [-0.4, -0.2) is 18.5 Å². The number of nitrogens with one attached hydrogen (secondary N) is 1. The van der Waals surface area contributed by atoms with Crippen LogP contribution in [0.4, 0.5) is 0 Å². The van der Waals surface area contributed by atoms with E-state index < -0.39 is 0 Å². The summed E-state index contributed by atoms with van der Waals surface area (Å²) in [6.07, 6.45) is 13.4. The van der Waals surface area contributed by atoms with Crippen molar-refractivity contribution in [3.05, 3.63) is 0 Å². The third-order valence-corrected chi connectivity index (χ3v) is 5.03. The number of carbonyl (C=O) groups is 1. The molecule has 3 heteroatoms. The number of carbonyl (C=O) groups excluding carboxylic acids is 1. The van der Waals surface area contributed by atoms with Gasteiger partial charge in [-0.15, -0.1) is 0 Å². The molecule has 2 saturated carbocycles. The highest BCUT2D eigenvalue weighted by Gasteiger charge is 2.22. The molecule has 110 valence electrons. The van der Waals surface area contributed by atoms with Crippen LogP contribution in [0.5, 0.6) is 0 Å². The summed E-state index contributed by atoms with van der Waals surface area (Å²) in [5.41, 5.74) is 6.10. The zero-order valence-electron chi connectivity index (χ0n) is 12.2. The molecular formula is C16H30N2O. The lowest BCUT2D eigenvalue weighted by Crippen LogP contribution is -2.41. The second kappa shape index (κ2) is 7.88. The van der Waals surface area contributed by atoms with E-state index in [9.17, 15) is 4.79 Å². The summed E-state index contributed by atoms with van der Waals surface area (Å²) in [6.45, 7) is 0.796. The van der Waals surface area contributed by atoms with Crippen LogP contribution in [0.3, 0.4) is 0 Å². The van der Waals surface area contributed by atoms with Crippen molar-refractivity contribution in [1.82, 2.24) is 5.32 Å². The van der Waals surface area contributed by atoms with E-state index >= 15 is 0 Å². The van der Waals surface area contributed by atoms with Gasteiger partial charge in [-0.2, -0.15) is 0 Å². The Morgan fingerprint density at radius 3 is 2.42 bits per heavy atom. The van der Waals surface area contributed by atoms with Crippen LogP contribution in [-0.2, 0) is 4.79 Å². The molecule has 2 aliphatic rings. The van der Waals surface area contributed by atoms with Crippen LogP contribution in [0.25, 0.3) is 0 Å². The second-order valence-corrected chi connectivity index (χ2v) is 6.56. The van der Waals surface area contributed by atoms with Crippen LogP contribution in [0, 0.1) is 11.8 Å². The topological polar surface area (TPSA) is 55.1 Å². The average molecular weight is 266 g/mol. The summed E-state index contributed by atoms with van der Waals surface area (Å²) in [7, 11) is 0. The largest absolute Gasteiger partial charge is 0.356 e. The maximum atomic E-state index is 11.9. The van der Waals surface area contributed by atoms with E-state index in [2.05, 4.69) is 5.32 Å². The Bertz CT molecular complexity index is 274. The average Bonchev–Trinajstić information content (AvgIpc) is 2.45. The van der Waals surface area contributed by atoms with E-state index in [1.54, 1.807) is 0 Å². The standard InChI is InChI=1S/C16H30N2O/c17-15-9-5-4-8-14(15)12-18-16(19)11-10-13-6-2-1-3-7-13/h13-15H,1-12,17H2,(H,18,19). The molecule has 0 aromatic heterocycles. The SMILES string of the molecule is NC1CCCCC1CNC(=O)CCC1CCCCC1. The van der Waals surface area contributed by atoms with Crippen molar-refractivity contribution in [2.45, 2.75) is 76.7 Å². The van der Waals surface area contributed by atoms with E-state index in [1.165, 1.54) is 51.4 Å². The molecule has 0 radical (unpaired) electrons. The van der Waals surface area contributed by atoms with Crippen LogP contribution < -0.4 is 11.1 Å². The van der Waals surface area contributed by atoms with Crippen LogP contribution in [0.15, 0.2) is 0 Å². The maximum Gasteiger partial charge on any atom is 0.220 e. The summed E-state index contributed by atoms with van der Waals surface area (Å²) in [4.78, 5) is 11.9. The molecule has 0 aliphatic heterocycles. The van der Waals surface area contributed by atoms with Crippen LogP contribution in [0.2, 0.25) is 0 Å². The zero-order valence-corrected chi connectivity index (χ0v) is 12.2. The first-order valence-corrected chi connectivity index (χ1v) is 8.28. The highest BCUT2D eigenvalue weighted by atomic mass is 16.1. The lowest BCUT2D eigenvalue weighted by atomic mass is 9.85. The Morgan fingerprint density at radius 2 is 1.68 bits per heavy atom. The molecular weight excluding hydrogens is 236 g/mol. The van der Waals surface area contributed by atoms with E-state index in [0.717, 1.165) is 25.3 Å². The number of amides is 1. The number of hydrogen-bond donors (Lipinski definition) is 2. The fourth-order valence-corrected chi connectivity index (χ4v) is 3.63. The predicted octanol–water partition coefficient (Wildman–Crippen LogP) is 2.98. The summed E-state index contributed by atoms with van der Waals surface area (Å²) in [5, 5.41) is 3.10. The van der Waals surface area contributed by atoms with Crippen molar-refractivity contribution in [2.24, 2.45) is 17.6 Å². The normalized spacial score (nSPS) is 29.1. The summed E-state index contributed by atoms with van der Waals surface area (Å²) < 4.78 is 0. The van der Waals surface area contributed by atoms with E-state index in [4.69, 9.17) is 5.73 Å². The molecule has 0 heterocycles. The van der Waals surface area contributed by atoms with Gasteiger partial charge >= 0.3 is 0 Å². The smallest absolute Gasteiger partial charge is 0.220 e. The molecule has 2 rings (SSSR count). The number of nitrogens with two attached hydrogens (primary N) is 1. The van der Waals surface area contributed by atoms with Gasteiger partial charge < -0.3 is 11.1 Å². The van der Waals surface area contributed by atoms with Crippen molar-refractivity contribution in [3.63, 3.8) is 0 Å². The molecule has 2 atom stereocenters. The molecule has 2 aliphatic carbocycles. The molecule has 2 fully saturated rings. The van der Waals surface area contributed by atoms with Crippen LogP contribution in [0.1, 0.15) is 70.6 Å². The van der Waals surface area contributed by atoms with Crippen molar-refractivity contribution < 1.29 is 4.79 Å². The molecule has 0 bridgehead atoms. The van der Waals surface area contributed by atoms with Gasteiger partial charge in [-0.25, -0.2) is 0 Å². The molecule has 19 heavy (non-hydrogen) atoms.